The van der Waals surface area contributed by atoms with Crippen LogP contribution in [0.3, 0.4) is 0 Å². The first-order valence-corrected chi connectivity index (χ1v) is 11.3. The molecule has 0 aliphatic rings. The molecular weight excluding hydrogens is 509 g/mol. The first kappa shape index (κ1) is 25.7. The zero-order chi connectivity index (χ0) is 24.8. The van der Waals surface area contributed by atoms with Crippen molar-refractivity contribution in [1.29, 1.82) is 0 Å². The lowest BCUT2D eigenvalue weighted by Crippen LogP contribution is -2.35. The van der Waals surface area contributed by atoms with Crippen LogP contribution in [0.5, 0.6) is 5.75 Å². The van der Waals surface area contributed by atoms with Gasteiger partial charge in [-0.3, -0.25) is 10.1 Å². The molecule has 0 heterocycles. The van der Waals surface area contributed by atoms with Crippen LogP contribution in [-0.4, -0.2) is 11.9 Å². The minimum atomic E-state index is -1.22. The molecule has 5 nitrogen and oxygen atoms in total. The molecular formula is C24H19Cl3F2N2O3. The molecule has 3 amide bonds. The first-order valence-electron chi connectivity index (χ1n) is 10.2. The van der Waals surface area contributed by atoms with Gasteiger partial charge in [-0.15, -0.1) is 0 Å². The average Bonchev–Trinajstić information content (AvgIpc) is 2.75. The van der Waals surface area contributed by atoms with Crippen molar-refractivity contribution in [3.63, 3.8) is 0 Å². The zero-order valence-corrected chi connectivity index (χ0v) is 20.1. The topological polar surface area (TPSA) is 67.4 Å². The Bertz CT molecular complexity index is 1200. The number of carbonyl (C=O) groups is 2. The number of nitrogens with one attached hydrogen (secondary N) is 2. The Hall–Kier alpha value is -2.87. The molecule has 0 saturated heterocycles. The fourth-order valence-corrected chi connectivity index (χ4v) is 3.93. The van der Waals surface area contributed by atoms with Crippen molar-refractivity contribution in [3.05, 3.63) is 92.4 Å². The smallest absolute Gasteiger partial charge is 0.326 e. The third-order valence-electron chi connectivity index (χ3n) is 4.74. The summed E-state index contributed by atoms with van der Waals surface area (Å²) < 4.78 is 33.5. The Labute approximate surface area is 210 Å². The Kier molecular flexibility index (Phi) is 8.72. The van der Waals surface area contributed by atoms with Crippen molar-refractivity contribution in [2.75, 3.05) is 5.32 Å². The van der Waals surface area contributed by atoms with E-state index in [2.05, 4.69) is 5.32 Å². The first-order chi connectivity index (χ1) is 16.2. The van der Waals surface area contributed by atoms with Gasteiger partial charge in [0.15, 0.2) is 0 Å². The van der Waals surface area contributed by atoms with Gasteiger partial charge in [0.25, 0.3) is 5.91 Å². The molecule has 3 aromatic carbocycles. The standard InChI is InChI=1S/C24H19Cl3F2N2O3/c1-2-4-20(15-9-7-13(25)11-16(15)26)34-21-10-8-14(12-17(21)27)30-24(33)31-23(32)22-18(28)5-3-6-19(22)29/h3,5-12,20H,2,4H2,1H3,(H2,30,31,32,33). The maximum absolute atomic E-state index is 13.7. The Morgan fingerprint density at radius 3 is 2.29 bits per heavy atom. The number of amides is 3. The molecule has 0 spiro atoms. The van der Waals surface area contributed by atoms with E-state index < -0.39 is 29.1 Å². The molecule has 0 saturated carbocycles. The van der Waals surface area contributed by atoms with Crippen LogP contribution in [-0.2, 0) is 0 Å². The van der Waals surface area contributed by atoms with E-state index in [9.17, 15) is 18.4 Å². The number of hydrogen-bond acceptors (Lipinski definition) is 3. The maximum atomic E-state index is 13.7. The van der Waals surface area contributed by atoms with Crippen LogP contribution in [0, 0.1) is 11.6 Å². The van der Waals surface area contributed by atoms with Gasteiger partial charge in [-0.05, 0) is 48.9 Å². The van der Waals surface area contributed by atoms with Gasteiger partial charge in [0, 0.05) is 21.3 Å². The quantitative estimate of drug-likeness (QED) is 0.329. The number of halogens is 5. The van der Waals surface area contributed by atoms with Crippen molar-refractivity contribution >= 4 is 52.4 Å². The zero-order valence-electron chi connectivity index (χ0n) is 17.8. The second-order valence-electron chi connectivity index (χ2n) is 7.21. The van der Waals surface area contributed by atoms with Crippen molar-refractivity contribution in [2.45, 2.75) is 25.9 Å². The minimum absolute atomic E-state index is 0.190. The van der Waals surface area contributed by atoms with Gasteiger partial charge in [-0.1, -0.05) is 60.3 Å². The van der Waals surface area contributed by atoms with E-state index in [1.165, 1.54) is 12.1 Å². The van der Waals surface area contributed by atoms with E-state index in [1.807, 2.05) is 12.2 Å². The molecule has 3 aromatic rings. The largest absolute Gasteiger partial charge is 0.484 e. The summed E-state index contributed by atoms with van der Waals surface area (Å²) in [5.41, 5.74) is 0.125. The predicted molar refractivity (Wildman–Crippen MR) is 129 cm³/mol. The normalized spacial score (nSPS) is 11.6. The van der Waals surface area contributed by atoms with Crippen LogP contribution < -0.4 is 15.4 Å². The van der Waals surface area contributed by atoms with Crippen molar-refractivity contribution in [3.8, 4) is 5.75 Å². The number of anilines is 1. The van der Waals surface area contributed by atoms with Crippen LogP contribution in [0.1, 0.15) is 41.8 Å². The van der Waals surface area contributed by atoms with Gasteiger partial charge in [0.1, 0.15) is 29.1 Å². The summed E-state index contributed by atoms with van der Waals surface area (Å²) in [7, 11) is 0. The van der Waals surface area contributed by atoms with Gasteiger partial charge in [0.2, 0.25) is 0 Å². The van der Waals surface area contributed by atoms with Crippen molar-refractivity contribution in [2.24, 2.45) is 0 Å². The van der Waals surface area contributed by atoms with E-state index in [0.717, 1.165) is 30.2 Å². The minimum Gasteiger partial charge on any atom is -0.484 e. The fraction of sp³-hybridized carbons (Fsp3) is 0.167. The Morgan fingerprint density at radius 2 is 1.68 bits per heavy atom. The highest BCUT2D eigenvalue weighted by Gasteiger charge is 2.20. The molecule has 3 rings (SSSR count). The summed E-state index contributed by atoms with van der Waals surface area (Å²) in [4.78, 5) is 24.2. The van der Waals surface area contributed by atoms with Gasteiger partial charge in [-0.2, -0.15) is 0 Å². The third kappa shape index (κ3) is 6.38. The van der Waals surface area contributed by atoms with Crippen LogP contribution >= 0.6 is 34.8 Å². The number of carbonyl (C=O) groups excluding carboxylic acids is 2. The highest BCUT2D eigenvalue weighted by molar-refractivity contribution is 6.35. The second kappa shape index (κ2) is 11.5. The van der Waals surface area contributed by atoms with Gasteiger partial charge < -0.3 is 10.1 Å². The molecule has 0 aliphatic heterocycles. The number of rotatable bonds is 7. The highest BCUT2D eigenvalue weighted by Crippen LogP contribution is 2.36. The average molecular weight is 528 g/mol. The molecule has 1 atom stereocenters. The van der Waals surface area contributed by atoms with E-state index in [4.69, 9.17) is 39.5 Å². The van der Waals surface area contributed by atoms with Crippen LogP contribution in [0.25, 0.3) is 0 Å². The van der Waals surface area contributed by atoms with Gasteiger partial charge in [-0.25, -0.2) is 13.6 Å². The summed E-state index contributed by atoms with van der Waals surface area (Å²) in [5, 5.41) is 5.42. The van der Waals surface area contributed by atoms with Gasteiger partial charge in [0.05, 0.1) is 5.02 Å². The summed E-state index contributed by atoms with van der Waals surface area (Å²) in [5.74, 6) is -3.04. The van der Waals surface area contributed by atoms with Crippen molar-refractivity contribution < 1.29 is 23.1 Å². The maximum Gasteiger partial charge on any atom is 0.326 e. The second-order valence-corrected chi connectivity index (χ2v) is 8.46. The number of ether oxygens (including phenoxy) is 1. The Morgan fingerprint density at radius 1 is 0.971 bits per heavy atom. The van der Waals surface area contributed by atoms with E-state index in [0.29, 0.717) is 22.2 Å². The summed E-state index contributed by atoms with van der Waals surface area (Å²) >= 11 is 18.6. The van der Waals surface area contributed by atoms with Crippen LogP contribution in [0.2, 0.25) is 15.1 Å². The molecule has 0 radical (unpaired) electrons. The third-order valence-corrected chi connectivity index (χ3v) is 5.59. The summed E-state index contributed by atoms with van der Waals surface area (Å²) in [6, 6.07) is 11.5. The molecule has 0 aliphatic carbocycles. The lowest BCUT2D eigenvalue weighted by Gasteiger charge is -2.21. The van der Waals surface area contributed by atoms with E-state index >= 15 is 0 Å². The van der Waals surface area contributed by atoms with Crippen LogP contribution in [0.4, 0.5) is 19.3 Å². The lowest BCUT2D eigenvalue weighted by molar-refractivity contribution is 0.0959. The molecule has 0 aromatic heterocycles. The molecule has 1 unspecified atom stereocenters. The van der Waals surface area contributed by atoms with Crippen molar-refractivity contribution in [1.82, 2.24) is 5.32 Å². The molecule has 0 fully saturated rings. The number of urea groups is 1. The highest BCUT2D eigenvalue weighted by atomic mass is 35.5. The monoisotopic (exact) mass is 526 g/mol. The van der Waals surface area contributed by atoms with E-state index in [-0.39, 0.29) is 16.8 Å². The van der Waals surface area contributed by atoms with E-state index in [1.54, 1.807) is 24.3 Å². The molecule has 2 N–H and O–H groups in total. The summed E-state index contributed by atoms with van der Waals surface area (Å²) in [6.07, 6.45) is 1.09. The summed E-state index contributed by atoms with van der Waals surface area (Å²) in [6.45, 7) is 2.00. The molecule has 0 bridgehead atoms. The molecule has 10 heteroatoms. The fourth-order valence-electron chi connectivity index (χ4n) is 3.17. The number of hydrogen-bond donors (Lipinski definition) is 2. The predicted octanol–water partition coefficient (Wildman–Crippen LogP) is 7.81. The molecule has 178 valence electrons. The lowest BCUT2D eigenvalue weighted by atomic mass is 10.0. The van der Waals surface area contributed by atoms with Crippen LogP contribution in [0.15, 0.2) is 54.6 Å². The SMILES string of the molecule is CCCC(Oc1ccc(NC(=O)NC(=O)c2c(F)cccc2F)cc1Cl)c1ccc(Cl)cc1Cl. The number of benzene rings is 3. The number of imide groups is 1. The Balaban J connectivity index is 1.70. The molecule has 34 heavy (non-hydrogen) atoms. The van der Waals surface area contributed by atoms with Gasteiger partial charge >= 0.3 is 6.03 Å².